The molecule has 0 radical (unpaired) electrons. The molecule has 0 N–H and O–H groups in total. The highest BCUT2D eigenvalue weighted by atomic mass is 16.5. The number of carbonyl (C=O) groups is 2. The Labute approximate surface area is 153 Å². The molecule has 0 bridgehead atoms. The zero-order valence-electron chi connectivity index (χ0n) is 16.6. The number of Topliss-reactive ketones (excluding diaryl/α,β-unsaturated/α-hetero) is 1. The first-order valence-electron chi connectivity index (χ1n) is 9.00. The van der Waals surface area contributed by atoms with E-state index < -0.39 is 11.9 Å². The third-order valence-electron chi connectivity index (χ3n) is 3.94. The number of allylic oxidation sites excluding steroid dienone is 6. The Kier molecular flexibility index (Phi) is 12.4. The summed E-state index contributed by atoms with van der Waals surface area (Å²) < 4.78 is 4.99. The lowest BCUT2D eigenvalue weighted by molar-refractivity contribution is -0.150. The number of esters is 1. The summed E-state index contributed by atoms with van der Waals surface area (Å²) in [4.78, 5) is 23.5. The van der Waals surface area contributed by atoms with Crippen LogP contribution in [0.5, 0.6) is 0 Å². The molecule has 0 aliphatic carbocycles. The molecule has 3 nitrogen and oxygen atoms in total. The van der Waals surface area contributed by atoms with Crippen molar-refractivity contribution in [2.45, 2.75) is 66.7 Å². The van der Waals surface area contributed by atoms with E-state index in [4.69, 9.17) is 4.74 Å². The van der Waals surface area contributed by atoms with E-state index in [0.717, 1.165) is 25.7 Å². The summed E-state index contributed by atoms with van der Waals surface area (Å²) in [5.74, 6) is -1.34. The second-order valence-corrected chi connectivity index (χ2v) is 6.78. The number of ketones is 1. The molecule has 140 valence electrons. The molecule has 0 aliphatic heterocycles. The number of ether oxygens (including phenoxy) is 1. The van der Waals surface area contributed by atoms with Gasteiger partial charge in [0.15, 0.2) is 0 Å². The van der Waals surface area contributed by atoms with Gasteiger partial charge in [0.2, 0.25) is 0 Å². The van der Waals surface area contributed by atoms with Gasteiger partial charge in [-0.2, -0.15) is 0 Å². The molecule has 0 aromatic carbocycles. The van der Waals surface area contributed by atoms with Gasteiger partial charge in [-0.3, -0.25) is 9.59 Å². The maximum absolute atomic E-state index is 11.9. The van der Waals surface area contributed by atoms with Crippen molar-refractivity contribution in [2.75, 3.05) is 6.61 Å². The van der Waals surface area contributed by atoms with Gasteiger partial charge in [-0.05, 0) is 66.7 Å². The second kappa shape index (κ2) is 13.4. The Balaban J connectivity index is 4.41. The second-order valence-electron chi connectivity index (χ2n) is 6.78. The van der Waals surface area contributed by atoms with Gasteiger partial charge in [0, 0.05) is 0 Å². The molecule has 0 aromatic heterocycles. The molecule has 3 heteroatoms. The van der Waals surface area contributed by atoms with E-state index in [1.165, 1.54) is 29.7 Å². The van der Waals surface area contributed by atoms with Crippen LogP contribution in [0.2, 0.25) is 0 Å². The van der Waals surface area contributed by atoms with E-state index in [2.05, 4.69) is 39.5 Å². The largest absolute Gasteiger partial charge is 0.461 e. The number of hydrogen-bond donors (Lipinski definition) is 0. The van der Waals surface area contributed by atoms with Gasteiger partial charge in [-0.25, -0.2) is 0 Å². The molecule has 1 atom stereocenters. The van der Waals surface area contributed by atoms with Crippen molar-refractivity contribution < 1.29 is 14.3 Å². The molecule has 0 amide bonds. The van der Waals surface area contributed by atoms with Crippen LogP contribution < -0.4 is 0 Å². The summed E-state index contributed by atoms with van der Waals surface area (Å²) in [5.41, 5.74) is 3.95. The molecule has 0 spiro atoms. The number of hydrogen-bond acceptors (Lipinski definition) is 3. The Hall–Kier alpha value is -1.90. The minimum atomic E-state index is -0.712. The highest BCUT2D eigenvalue weighted by molar-refractivity contribution is 5.97. The zero-order chi connectivity index (χ0) is 19.2. The van der Waals surface area contributed by atoms with Crippen LogP contribution in [0, 0.1) is 5.92 Å². The first kappa shape index (κ1) is 23.1. The monoisotopic (exact) mass is 346 g/mol. The fraction of sp³-hybridized carbons (Fsp3) is 0.545. The summed E-state index contributed by atoms with van der Waals surface area (Å²) >= 11 is 0. The average molecular weight is 347 g/mol. The van der Waals surface area contributed by atoms with Crippen LogP contribution in [0.25, 0.3) is 0 Å². The predicted molar refractivity (Wildman–Crippen MR) is 105 cm³/mol. The van der Waals surface area contributed by atoms with Crippen molar-refractivity contribution in [2.24, 2.45) is 5.92 Å². The van der Waals surface area contributed by atoms with Gasteiger partial charge in [-0.15, -0.1) is 0 Å². The van der Waals surface area contributed by atoms with Crippen LogP contribution in [-0.2, 0) is 14.3 Å². The van der Waals surface area contributed by atoms with Crippen molar-refractivity contribution >= 4 is 11.8 Å². The predicted octanol–water partition coefficient (Wildman–Crippen LogP) is 5.73. The van der Waals surface area contributed by atoms with E-state index in [9.17, 15) is 9.59 Å². The van der Waals surface area contributed by atoms with E-state index in [1.54, 1.807) is 0 Å². The number of rotatable bonds is 12. The summed E-state index contributed by atoms with van der Waals surface area (Å²) in [6.45, 7) is 13.5. The Morgan fingerprint density at radius 3 is 2.00 bits per heavy atom. The summed E-state index contributed by atoms with van der Waals surface area (Å²) in [6, 6.07) is 0. The van der Waals surface area contributed by atoms with E-state index >= 15 is 0 Å². The lowest BCUT2D eigenvalue weighted by Crippen LogP contribution is -2.24. The van der Waals surface area contributed by atoms with Crippen LogP contribution in [0.1, 0.15) is 66.7 Å². The quantitative estimate of drug-likeness (QED) is 0.257. The molecule has 0 saturated heterocycles. The van der Waals surface area contributed by atoms with Gasteiger partial charge in [-0.1, -0.05) is 47.6 Å². The van der Waals surface area contributed by atoms with Gasteiger partial charge < -0.3 is 4.74 Å². The minimum Gasteiger partial charge on any atom is -0.461 e. The third-order valence-corrected chi connectivity index (χ3v) is 3.94. The molecule has 25 heavy (non-hydrogen) atoms. The summed E-state index contributed by atoms with van der Waals surface area (Å²) in [5, 5.41) is 0. The molecule has 1 unspecified atom stereocenters. The highest BCUT2D eigenvalue weighted by Gasteiger charge is 2.23. The molecule has 0 rings (SSSR count). The lowest BCUT2D eigenvalue weighted by Gasteiger charge is -2.11. The van der Waals surface area contributed by atoms with Gasteiger partial charge in [0.25, 0.3) is 0 Å². The molecule has 0 heterocycles. The molecule has 0 aromatic rings. The fourth-order valence-electron chi connectivity index (χ4n) is 2.33. The fourth-order valence-corrected chi connectivity index (χ4v) is 2.33. The van der Waals surface area contributed by atoms with Crippen molar-refractivity contribution in [1.29, 1.82) is 0 Å². The summed E-state index contributed by atoms with van der Waals surface area (Å²) in [6.07, 6.45) is 12.5. The molecule has 0 fully saturated rings. The van der Waals surface area contributed by atoms with Crippen LogP contribution in [0.4, 0.5) is 0 Å². The van der Waals surface area contributed by atoms with Gasteiger partial charge >= 0.3 is 5.97 Å². The third kappa shape index (κ3) is 12.2. The first-order valence-corrected chi connectivity index (χ1v) is 9.00. The molecule has 0 aliphatic rings. The van der Waals surface area contributed by atoms with Crippen LogP contribution in [0.15, 0.2) is 47.6 Å². The highest BCUT2D eigenvalue weighted by Crippen LogP contribution is 2.15. The molecule has 0 saturated carbocycles. The maximum atomic E-state index is 11.9. The van der Waals surface area contributed by atoms with E-state index in [-0.39, 0.29) is 12.4 Å². The SMILES string of the molecule is C=CCOC(=O)C(CC=C(C)CCC=C(C)CCC=C(C)C)C(C)=O. The van der Waals surface area contributed by atoms with Crippen LogP contribution in [0.3, 0.4) is 0 Å². The Morgan fingerprint density at radius 1 is 0.920 bits per heavy atom. The lowest BCUT2D eigenvalue weighted by atomic mass is 9.98. The average Bonchev–Trinajstić information content (AvgIpc) is 2.52. The van der Waals surface area contributed by atoms with Crippen LogP contribution in [-0.4, -0.2) is 18.4 Å². The van der Waals surface area contributed by atoms with Crippen molar-refractivity contribution in [3.05, 3.63) is 47.6 Å². The van der Waals surface area contributed by atoms with E-state index in [1.807, 2.05) is 13.0 Å². The maximum Gasteiger partial charge on any atom is 0.317 e. The zero-order valence-corrected chi connectivity index (χ0v) is 16.6. The number of carbonyl (C=O) groups excluding carboxylic acids is 2. The minimum absolute atomic E-state index is 0.141. The smallest absolute Gasteiger partial charge is 0.317 e. The first-order chi connectivity index (χ1) is 11.8. The van der Waals surface area contributed by atoms with E-state index in [0.29, 0.717) is 6.42 Å². The van der Waals surface area contributed by atoms with Gasteiger partial charge in [0.05, 0.1) is 0 Å². The topological polar surface area (TPSA) is 43.4 Å². The van der Waals surface area contributed by atoms with Crippen molar-refractivity contribution in [3.8, 4) is 0 Å². The summed E-state index contributed by atoms with van der Waals surface area (Å²) in [7, 11) is 0. The Morgan fingerprint density at radius 2 is 1.48 bits per heavy atom. The van der Waals surface area contributed by atoms with Crippen molar-refractivity contribution in [1.82, 2.24) is 0 Å². The molecular weight excluding hydrogens is 312 g/mol. The van der Waals surface area contributed by atoms with Crippen LogP contribution >= 0.6 is 0 Å². The molecular formula is C22H34O3. The Bertz CT molecular complexity index is 531. The standard InChI is InChI=1S/C22H34O3/c1-7-16-25-22(24)21(20(6)23)15-14-19(5)13-9-12-18(4)11-8-10-17(2)3/h7,10,12,14,21H,1,8-9,11,13,15-16H2,2-6H3. The normalized spacial score (nSPS) is 13.2. The van der Waals surface area contributed by atoms with Gasteiger partial charge in [0.1, 0.15) is 18.3 Å². The van der Waals surface area contributed by atoms with Crippen molar-refractivity contribution in [3.63, 3.8) is 0 Å².